The number of ether oxygens (including phenoxy) is 1. The van der Waals surface area contributed by atoms with Crippen LogP contribution < -0.4 is 10.5 Å². The Morgan fingerprint density at radius 3 is 3.08 bits per heavy atom. The number of fused-ring (bicyclic) bond motifs is 1. The van der Waals surface area contributed by atoms with Crippen LogP contribution in [-0.4, -0.2) is 24.4 Å². The predicted molar refractivity (Wildman–Crippen MR) is 49.7 cm³/mol. The van der Waals surface area contributed by atoms with Crippen molar-refractivity contribution >= 4 is 0 Å². The summed E-state index contributed by atoms with van der Waals surface area (Å²) in [5, 5.41) is 9.60. The summed E-state index contributed by atoms with van der Waals surface area (Å²) in [7, 11) is 0. The zero-order valence-corrected chi connectivity index (χ0v) is 7.31. The summed E-state index contributed by atoms with van der Waals surface area (Å²) in [6.07, 6.45) is -0.497. The molecule has 0 aliphatic carbocycles. The molecule has 0 radical (unpaired) electrons. The predicted octanol–water partition coefficient (Wildman–Crippen LogP) is 0.482. The first kappa shape index (κ1) is 8.53. The Labute approximate surface area is 77.1 Å². The number of aliphatic hydroxyl groups excluding tert-OH is 1. The minimum atomic E-state index is -0.497. The largest absolute Gasteiger partial charge is 0.493 e. The Morgan fingerprint density at radius 1 is 1.54 bits per heavy atom. The van der Waals surface area contributed by atoms with Crippen molar-refractivity contribution in [3.63, 3.8) is 0 Å². The third-order valence-electron chi connectivity index (χ3n) is 2.44. The van der Waals surface area contributed by atoms with Crippen LogP contribution in [0.2, 0.25) is 0 Å². The third-order valence-corrected chi connectivity index (χ3v) is 2.44. The van der Waals surface area contributed by atoms with Crippen molar-refractivity contribution in [3.05, 3.63) is 29.8 Å². The van der Waals surface area contributed by atoms with Gasteiger partial charge in [0.25, 0.3) is 0 Å². The standard InChI is InChI=1S/C10H13NO2/c11-5-9(12)8-6-13-10-4-2-1-3-7(8)10/h1-4,8-9,12H,5-6,11H2/t8-,9+/m0/s1. The Balaban J connectivity index is 2.28. The van der Waals surface area contributed by atoms with E-state index in [1.54, 1.807) is 0 Å². The van der Waals surface area contributed by atoms with Gasteiger partial charge in [0.15, 0.2) is 0 Å². The maximum absolute atomic E-state index is 9.60. The van der Waals surface area contributed by atoms with E-state index in [0.717, 1.165) is 11.3 Å². The molecule has 2 rings (SSSR count). The van der Waals surface area contributed by atoms with Crippen molar-refractivity contribution in [2.75, 3.05) is 13.2 Å². The zero-order valence-electron chi connectivity index (χ0n) is 7.31. The molecule has 0 fully saturated rings. The highest BCUT2D eigenvalue weighted by atomic mass is 16.5. The molecule has 0 unspecified atom stereocenters. The topological polar surface area (TPSA) is 55.5 Å². The average molecular weight is 179 g/mol. The van der Waals surface area contributed by atoms with Gasteiger partial charge in [0.2, 0.25) is 0 Å². The first-order chi connectivity index (χ1) is 6.33. The summed E-state index contributed by atoms with van der Waals surface area (Å²) in [5.41, 5.74) is 6.47. The summed E-state index contributed by atoms with van der Waals surface area (Å²) >= 11 is 0. The van der Waals surface area contributed by atoms with Gasteiger partial charge in [-0.05, 0) is 6.07 Å². The van der Waals surface area contributed by atoms with Crippen LogP contribution in [0.5, 0.6) is 5.75 Å². The van der Waals surface area contributed by atoms with Crippen LogP contribution in [0, 0.1) is 0 Å². The van der Waals surface area contributed by atoms with Crippen molar-refractivity contribution in [2.24, 2.45) is 5.73 Å². The van der Waals surface area contributed by atoms with Crippen LogP contribution in [0.1, 0.15) is 11.5 Å². The molecule has 3 nitrogen and oxygen atoms in total. The Bertz CT molecular complexity index is 301. The van der Waals surface area contributed by atoms with Gasteiger partial charge in [-0.25, -0.2) is 0 Å². The lowest BCUT2D eigenvalue weighted by Gasteiger charge is -2.14. The monoisotopic (exact) mass is 179 g/mol. The SMILES string of the molecule is NC[C@@H](O)[C@H]1COc2ccccc21. The number of hydrogen-bond acceptors (Lipinski definition) is 3. The Hall–Kier alpha value is -1.06. The van der Waals surface area contributed by atoms with Gasteiger partial charge in [-0.1, -0.05) is 18.2 Å². The summed E-state index contributed by atoms with van der Waals surface area (Å²) in [4.78, 5) is 0. The lowest BCUT2D eigenvalue weighted by atomic mass is 9.96. The van der Waals surface area contributed by atoms with Gasteiger partial charge < -0.3 is 15.6 Å². The van der Waals surface area contributed by atoms with E-state index in [4.69, 9.17) is 10.5 Å². The molecule has 13 heavy (non-hydrogen) atoms. The number of aliphatic hydroxyl groups is 1. The molecule has 0 aromatic heterocycles. The summed E-state index contributed by atoms with van der Waals surface area (Å²) in [6.45, 7) is 0.820. The van der Waals surface area contributed by atoms with Crippen molar-refractivity contribution in [3.8, 4) is 5.75 Å². The van der Waals surface area contributed by atoms with E-state index in [1.165, 1.54) is 0 Å². The molecule has 0 saturated carbocycles. The molecule has 1 aliphatic rings. The second-order valence-electron chi connectivity index (χ2n) is 3.26. The van der Waals surface area contributed by atoms with Crippen LogP contribution in [0.4, 0.5) is 0 Å². The van der Waals surface area contributed by atoms with Gasteiger partial charge in [0.1, 0.15) is 5.75 Å². The Kier molecular flexibility index (Phi) is 2.20. The molecule has 0 amide bonds. The molecule has 1 aromatic carbocycles. The third kappa shape index (κ3) is 1.41. The fourth-order valence-electron chi connectivity index (χ4n) is 1.67. The maximum atomic E-state index is 9.60. The summed E-state index contributed by atoms with van der Waals surface area (Å²) in [5.74, 6) is 0.918. The second kappa shape index (κ2) is 3.36. The van der Waals surface area contributed by atoms with Gasteiger partial charge in [-0.2, -0.15) is 0 Å². The van der Waals surface area contributed by atoms with Gasteiger partial charge >= 0.3 is 0 Å². The summed E-state index contributed by atoms with van der Waals surface area (Å²) < 4.78 is 5.42. The molecule has 0 bridgehead atoms. The number of hydrogen-bond donors (Lipinski definition) is 2. The fraction of sp³-hybridized carbons (Fsp3) is 0.400. The van der Waals surface area contributed by atoms with Crippen molar-refractivity contribution in [2.45, 2.75) is 12.0 Å². The molecular weight excluding hydrogens is 166 g/mol. The highest BCUT2D eigenvalue weighted by molar-refractivity contribution is 5.40. The van der Waals surface area contributed by atoms with Crippen molar-refractivity contribution in [1.29, 1.82) is 0 Å². The normalized spacial score (nSPS) is 22.2. The molecular formula is C10H13NO2. The first-order valence-corrected chi connectivity index (χ1v) is 4.43. The van der Waals surface area contributed by atoms with E-state index in [0.29, 0.717) is 6.61 Å². The van der Waals surface area contributed by atoms with Crippen molar-refractivity contribution < 1.29 is 9.84 Å². The fourth-order valence-corrected chi connectivity index (χ4v) is 1.67. The minimum absolute atomic E-state index is 0.0428. The van der Waals surface area contributed by atoms with E-state index in [9.17, 15) is 5.11 Å². The Morgan fingerprint density at radius 2 is 2.31 bits per heavy atom. The van der Waals surface area contributed by atoms with Crippen LogP contribution in [0.3, 0.4) is 0 Å². The molecule has 2 atom stereocenters. The molecule has 3 N–H and O–H groups in total. The zero-order chi connectivity index (χ0) is 9.26. The molecule has 1 heterocycles. The van der Waals surface area contributed by atoms with E-state index in [1.807, 2.05) is 24.3 Å². The van der Waals surface area contributed by atoms with Crippen LogP contribution >= 0.6 is 0 Å². The molecule has 1 aliphatic heterocycles. The number of nitrogens with two attached hydrogens (primary N) is 1. The molecule has 3 heteroatoms. The second-order valence-corrected chi connectivity index (χ2v) is 3.26. The van der Waals surface area contributed by atoms with Crippen molar-refractivity contribution in [1.82, 2.24) is 0 Å². The van der Waals surface area contributed by atoms with Crippen LogP contribution in [-0.2, 0) is 0 Å². The van der Waals surface area contributed by atoms with Gasteiger partial charge in [-0.3, -0.25) is 0 Å². The van der Waals surface area contributed by atoms with E-state index in [-0.39, 0.29) is 12.5 Å². The van der Waals surface area contributed by atoms with E-state index >= 15 is 0 Å². The van der Waals surface area contributed by atoms with Crippen LogP contribution in [0.15, 0.2) is 24.3 Å². The van der Waals surface area contributed by atoms with Gasteiger partial charge in [0.05, 0.1) is 12.7 Å². The number of rotatable bonds is 2. The molecule has 0 saturated heterocycles. The van der Waals surface area contributed by atoms with Gasteiger partial charge in [-0.15, -0.1) is 0 Å². The quantitative estimate of drug-likeness (QED) is 0.694. The number of benzene rings is 1. The lowest BCUT2D eigenvalue weighted by Crippen LogP contribution is -2.28. The smallest absolute Gasteiger partial charge is 0.123 e. The highest BCUT2D eigenvalue weighted by Gasteiger charge is 2.28. The van der Waals surface area contributed by atoms with Crippen LogP contribution in [0.25, 0.3) is 0 Å². The van der Waals surface area contributed by atoms with Gasteiger partial charge in [0, 0.05) is 18.0 Å². The number of para-hydroxylation sites is 1. The maximum Gasteiger partial charge on any atom is 0.123 e. The summed E-state index contributed by atoms with van der Waals surface area (Å²) in [6, 6.07) is 7.77. The molecule has 1 aromatic rings. The van der Waals surface area contributed by atoms with E-state index in [2.05, 4.69) is 0 Å². The minimum Gasteiger partial charge on any atom is -0.493 e. The lowest BCUT2D eigenvalue weighted by molar-refractivity contribution is 0.136. The van der Waals surface area contributed by atoms with E-state index < -0.39 is 6.10 Å². The molecule has 0 spiro atoms. The first-order valence-electron chi connectivity index (χ1n) is 4.43. The average Bonchev–Trinajstić information content (AvgIpc) is 2.60. The highest BCUT2D eigenvalue weighted by Crippen LogP contribution is 2.35. The molecule has 70 valence electrons.